The molecule has 0 fully saturated rings. The summed E-state index contributed by atoms with van der Waals surface area (Å²) in [5.41, 5.74) is 1.37. The molecule has 1 N–H and O–H groups in total. The quantitative estimate of drug-likeness (QED) is 0.751. The van der Waals surface area contributed by atoms with E-state index in [9.17, 15) is 4.79 Å². The van der Waals surface area contributed by atoms with Gasteiger partial charge in [0.15, 0.2) is 0 Å². The van der Waals surface area contributed by atoms with Gasteiger partial charge in [0.1, 0.15) is 0 Å². The van der Waals surface area contributed by atoms with E-state index in [1.165, 1.54) is 0 Å². The molecule has 0 bridgehead atoms. The van der Waals surface area contributed by atoms with Crippen molar-refractivity contribution in [3.63, 3.8) is 0 Å². The molecule has 6 nitrogen and oxygen atoms in total. The number of nitrogens with zero attached hydrogens (tertiary/aromatic N) is 4. The van der Waals surface area contributed by atoms with Crippen LogP contribution >= 0.6 is 24.0 Å². The van der Waals surface area contributed by atoms with E-state index in [1.807, 2.05) is 13.8 Å². The van der Waals surface area contributed by atoms with E-state index < -0.39 is 0 Å². The second-order valence-corrected chi connectivity index (χ2v) is 7.50. The number of aryl methyl sites for hydroxylation is 2. The summed E-state index contributed by atoms with van der Waals surface area (Å²) in [6.45, 7) is 13.7. The first kappa shape index (κ1) is 24.1. The number of halogens is 2. The van der Waals surface area contributed by atoms with Crippen LogP contribution in [0.25, 0.3) is 0 Å². The molecular formula is C17H32Cl2N5O+. The van der Waals surface area contributed by atoms with Gasteiger partial charge in [-0.05, 0) is 41.5 Å². The highest BCUT2D eigenvalue weighted by Crippen LogP contribution is 2.22. The number of hydrogen-bond acceptors (Lipinski definition) is 4. The smallest absolute Gasteiger partial charge is 0.304 e. The van der Waals surface area contributed by atoms with Gasteiger partial charge in [0, 0.05) is 25.2 Å². The number of rotatable bonds is 6. The fourth-order valence-electron chi connectivity index (χ4n) is 2.63. The summed E-state index contributed by atoms with van der Waals surface area (Å²) in [5, 5.41) is 3.54. The Hall–Kier alpha value is -0.950. The molecule has 1 aromatic heterocycles. The zero-order valence-corrected chi connectivity index (χ0v) is 18.1. The molecule has 25 heavy (non-hydrogen) atoms. The van der Waals surface area contributed by atoms with Gasteiger partial charge < -0.3 is 5.32 Å². The van der Waals surface area contributed by atoms with Crippen molar-refractivity contribution in [2.75, 3.05) is 27.2 Å². The lowest BCUT2D eigenvalue weighted by Crippen LogP contribution is -2.55. The van der Waals surface area contributed by atoms with Crippen molar-refractivity contribution in [2.45, 2.75) is 53.6 Å². The first-order chi connectivity index (χ1) is 11.0. The Morgan fingerprint density at radius 1 is 1.12 bits per heavy atom. The van der Waals surface area contributed by atoms with Crippen molar-refractivity contribution in [3.8, 4) is 0 Å². The second kappa shape index (κ2) is 9.67. The maximum atomic E-state index is 12.6. The molecule has 0 aliphatic heterocycles. The number of urea groups is 1. The maximum Gasteiger partial charge on any atom is 0.423 e. The molecular weight excluding hydrogens is 361 g/mol. The van der Waals surface area contributed by atoms with Crippen LogP contribution in [0.15, 0.2) is 0 Å². The van der Waals surface area contributed by atoms with E-state index in [4.69, 9.17) is 11.6 Å². The summed E-state index contributed by atoms with van der Waals surface area (Å²) in [4.78, 5) is 23.7. The topological polar surface area (TPSA) is 58.1 Å². The van der Waals surface area contributed by atoms with Crippen LogP contribution in [0.5, 0.6) is 0 Å². The molecule has 1 rings (SSSR count). The summed E-state index contributed by atoms with van der Waals surface area (Å²) in [6.07, 6.45) is 0. The van der Waals surface area contributed by atoms with Crippen LogP contribution in [0.1, 0.15) is 39.1 Å². The molecule has 1 heterocycles. The molecule has 0 saturated heterocycles. The molecule has 1 aromatic rings. The van der Waals surface area contributed by atoms with Gasteiger partial charge in [-0.3, -0.25) is 4.90 Å². The van der Waals surface area contributed by atoms with Crippen molar-refractivity contribution >= 4 is 36.0 Å². The van der Waals surface area contributed by atoms with E-state index in [1.54, 1.807) is 14.1 Å². The van der Waals surface area contributed by atoms with Gasteiger partial charge in [0.2, 0.25) is 0 Å². The fourth-order valence-corrected chi connectivity index (χ4v) is 2.71. The lowest BCUT2D eigenvalue weighted by Gasteiger charge is -2.31. The Morgan fingerprint density at radius 3 is 1.96 bits per heavy atom. The van der Waals surface area contributed by atoms with Gasteiger partial charge in [0.05, 0.1) is 30.5 Å². The SMILES string of the molecule is Cc1nc([N+](C)(C)C(=O)NCCN(C(C)C)C(C)C)nc(C)c1Cl.Cl. The summed E-state index contributed by atoms with van der Waals surface area (Å²) >= 11 is 6.12. The molecule has 0 saturated carbocycles. The van der Waals surface area contributed by atoms with Crippen LogP contribution < -0.4 is 9.80 Å². The van der Waals surface area contributed by atoms with Crippen molar-refractivity contribution < 1.29 is 4.79 Å². The summed E-state index contributed by atoms with van der Waals surface area (Å²) < 4.78 is -0.0673. The lowest BCUT2D eigenvalue weighted by atomic mass is 10.2. The first-order valence-electron chi connectivity index (χ1n) is 8.37. The number of carbonyl (C=O) groups is 1. The van der Waals surface area contributed by atoms with E-state index in [2.05, 4.69) is 47.9 Å². The second-order valence-electron chi connectivity index (χ2n) is 7.12. The minimum atomic E-state index is -0.136. The molecule has 0 radical (unpaired) electrons. The van der Waals surface area contributed by atoms with Crippen molar-refractivity contribution in [2.24, 2.45) is 0 Å². The molecule has 0 aliphatic carbocycles. The van der Waals surface area contributed by atoms with Gasteiger partial charge >= 0.3 is 12.0 Å². The molecule has 0 atom stereocenters. The fraction of sp³-hybridized carbons (Fsp3) is 0.706. The van der Waals surface area contributed by atoms with Crippen molar-refractivity contribution in [1.82, 2.24) is 24.7 Å². The van der Waals surface area contributed by atoms with E-state index in [0.29, 0.717) is 41.0 Å². The molecule has 0 unspecified atom stereocenters. The highest BCUT2D eigenvalue weighted by molar-refractivity contribution is 6.31. The van der Waals surface area contributed by atoms with Gasteiger partial charge in [-0.15, -0.1) is 12.4 Å². The van der Waals surface area contributed by atoms with Gasteiger partial charge in [-0.1, -0.05) is 11.6 Å². The highest BCUT2D eigenvalue weighted by Gasteiger charge is 2.33. The minimum Gasteiger partial charge on any atom is -0.304 e. The monoisotopic (exact) mass is 392 g/mol. The van der Waals surface area contributed by atoms with Crippen LogP contribution in [-0.2, 0) is 0 Å². The third-order valence-corrected chi connectivity index (χ3v) is 4.70. The Labute approximate surface area is 163 Å². The normalized spacial score (nSPS) is 11.8. The van der Waals surface area contributed by atoms with Gasteiger partial charge in [-0.2, -0.15) is 14.5 Å². The third kappa shape index (κ3) is 6.06. The Kier molecular flexibility index (Phi) is 9.30. The maximum absolute atomic E-state index is 12.6. The Bertz CT molecular complexity index is 559. The van der Waals surface area contributed by atoms with Crippen LogP contribution in [0, 0.1) is 13.8 Å². The molecule has 2 amide bonds. The number of amides is 2. The Balaban J connectivity index is 0.00000576. The van der Waals surface area contributed by atoms with Crippen LogP contribution in [0.3, 0.4) is 0 Å². The van der Waals surface area contributed by atoms with Crippen molar-refractivity contribution in [1.29, 1.82) is 0 Å². The van der Waals surface area contributed by atoms with E-state index in [-0.39, 0.29) is 22.9 Å². The summed E-state index contributed by atoms with van der Waals surface area (Å²) in [6, 6.07) is 0.743. The zero-order valence-electron chi connectivity index (χ0n) is 16.6. The predicted octanol–water partition coefficient (Wildman–Crippen LogP) is 3.56. The van der Waals surface area contributed by atoms with Gasteiger partial charge in [0.25, 0.3) is 0 Å². The highest BCUT2D eigenvalue weighted by atomic mass is 35.5. The van der Waals surface area contributed by atoms with E-state index in [0.717, 1.165) is 6.54 Å². The van der Waals surface area contributed by atoms with Crippen molar-refractivity contribution in [3.05, 3.63) is 16.4 Å². The van der Waals surface area contributed by atoms with Crippen LogP contribution in [0.4, 0.5) is 10.7 Å². The molecule has 144 valence electrons. The number of carbonyl (C=O) groups excluding carboxylic acids is 1. The predicted molar refractivity (Wildman–Crippen MR) is 108 cm³/mol. The third-order valence-electron chi connectivity index (χ3n) is 4.15. The van der Waals surface area contributed by atoms with E-state index >= 15 is 0 Å². The first-order valence-corrected chi connectivity index (χ1v) is 8.75. The lowest BCUT2D eigenvalue weighted by molar-refractivity contribution is 0.172. The largest absolute Gasteiger partial charge is 0.423 e. The summed E-state index contributed by atoms with van der Waals surface area (Å²) in [7, 11) is 3.56. The minimum absolute atomic E-state index is 0. The number of nitrogens with one attached hydrogen (secondary N) is 1. The average molecular weight is 393 g/mol. The number of quaternary nitrogens is 1. The molecule has 0 aromatic carbocycles. The number of hydrogen-bond donors (Lipinski definition) is 1. The molecule has 0 aliphatic rings. The zero-order chi connectivity index (χ0) is 18.7. The average Bonchev–Trinajstić information content (AvgIpc) is 2.47. The van der Waals surface area contributed by atoms with Crippen LogP contribution in [0.2, 0.25) is 5.02 Å². The Morgan fingerprint density at radius 2 is 1.56 bits per heavy atom. The molecule has 0 spiro atoms. The molecule has 8 heteroatoms. The standard InChI is InChI=1S/C17H30ClN5O.ClH/c1-11(2)22(12(3)4)10-9-19-17(24)23(7,8)16-20-13(5)15(18)14(6)21-16;/h11-12H,9-10H2,1-8H3;1H/p+1. The van der Waals surface area contributed by atoms with Gasteiger partial charge in [-0.25, -0.2) is 4.79 Å². The number of aromatic nitrogens is 2. The summed E-state index contributed by atoms with van der Waals surface area (Å²) in [5.74, 6) is 0.441. The van der Waals surface area contributed by atoms with Crippen LogP contribution in [-0.4, -0.2) is 60.2 Å².